The molecule has 0 unspecified atom stereocenters. The van der Waals surface area contributed by atoms with Gasteiger partial charge in [0.25, 0.3) is 5.91 Å². The Morgan fingerprint density at radius 1 is 1.06 bits per heavy atom. The van der Waals surface area contributed by atoms with Crippen LogP contribution >= 0.6 is 11.6 Å². The minimum absolute atomic E-state index is 0.0718. The fraction of sp³-hybridized carbons (Fsp3) is 0.240. The van der Waals surface area contributed by atoms with Gasteiger partial charge in [-0.05, 0) is 78.9 Å². The molecule has 1 amide bonds. The Hall–Kier alpha value is -3.38. The number of hydrogen-bond acceptors (Lipinski definition) is 4. The van der Waals surface area contributed by atoms with Crippen LogP contribution in [0.2, 0.25) is 5.02 Å². The molecule has 1 heterocycles. The number of anilines is 1. The average molecular weight is 449 g/mol. The van der Waals surface area contributed by atoms with Crippen molar-refractivity contribution >= 4 is 34.2 Å². The lowest BCUT2D eigenvalue weighted by atomic mass is 9.99. The molecule has 32 heavy (non-hydrogen) atoms. The predicted octanol–water partition coefficient (Wildman–Crippen LogP) is 5.91. The van der Waals surface area contributed by atoms with Crippen molar-refractivity contribution in [3.05, 3.63) is 76.8 Å². The number of amides is 1. The zero-order valence-electron chi connectivity index (χ0n) is 18.3. The fourth-order valence-corrected chi connectivity index (χ4v) is 3.48. The highest BCUT2D eigenvalue weighted by molar-refractivity contribution is 6.30. The molecule has 1 N–H and O–H groups in total. The van der Waals surface area contributed by atoms with Crippen molar-refractivity contribution in [3.63, 3.8) is 0 Å². The first-order valence-corrected chi connectivity index (χ1v) is 11.0. The van der Waals surface area contributed by atoms with E-state index in [1.165, 1.54) is 5.56 Å². The first-order chi connectivity index (χ1) is 15.4. The third-order valence-electron chi connectivity index (χ3n) is 5.49. The van der Waals surface area contributed by atoms with Crippen molar-refractivity contribution < 1.29 is 9.53 Å². The number of carbonyl (C=O) groups is 1. The molecule has 0 bridgehead atoms. The lowest BCUT2D eigenvalue weighted by Crippen LogP contribution is -2.20. The molecule has 4 rings (SSSR count). The Kier molecular flexibility index (Phi) is 6.42. The molecule has 0 aliphatic carbocycles. The van der Waals surface area contributed by atoms with E-state index in [-0.39, 0.29) is 12.5 Å². The quantitative estimate of drug-likeness (QED) is 0.381. The Bertz CT molecular complexity index is 1230. The summed E-state index contributed by atoms with van der Waals surface area (Å²) in [6.07, 6.45) is 1.08. The van der Waals surface area contributed by atoms with Gasteiger partial charge in [0.05, 0.1) is 5.69 Å². The summed E-state index contributed by atoms with van der Waals surface area (Å²) < 4.78 is 5.65. The molecule has 0 radical (unpaired) electrons. The largest absolute Gasteiger partial charge is 0.484 e. The highest BCUT2D eigenvalue weighted by Gasteiger charge is 2.12. The molecule has 1 aromatic heterocycles. The van der Waals surface area contributed by atoms with Crippen molar-refractivity contribution in [1.82, 2.24) is 15.0 Å². The topological polar surface area (TPSA) is 69.0 Å². The van der Waals surface area contributed by atoms with Crippen LogP contribution in [0.4, 0.5) is 5.69 Å². The summed E-state index contributed by atoms with van der Waals surface area (Å²) in [7, 11) is 0. The molecule has 6 nitrogen and oxygen atoms in total. The third-order valence-corrected chi connectivity index (χ3v) is 5.74. The van der Waals surface area contributed by atoms with Crippen molar-refractivity contribution in [3.8, 4) is 11.4 Å². The van der Waals surface area contributed by atoms with Crippen molar-refractivity contribution in [2.45, 2.75) is 33.1 Å². The van der Waals surface area contributed by atoms with Crippen molar-refractivity contribution in [1.29, 1.82) is 0 Å². The molecule has 3 aromatic carbocycles. The number of halogens is 1. The van der Waals surface area contributed by atoms with E-state index in [0.29, 0.717) is 27.9 Å². The maximum Gasteiger partial charge on any atom is 0.262 e. The Balaban J connectivity index is 1.43. The molecule has 1 atom stereocenters. The van der Waals surface area contributed by atoms with E-state index in [2.05, 4.69) is 29.4 Å². The van der Waals surface area contributed by atoms with E-state index in [9.17, 15) is 4.79 Å². The van der Waals surface area contributed by atoms with E-state index < -0.39 is 0 Å². The molecule has 0 aliphatic rings. The van der Waals surface area contributed by atoms with Gasteiger partial charge >= 0.3 is 0 Å². The number of nitrogens with one attached hydrogen (secondary N) is 1. The molecule has 7 heteroatoms. The number of aromatic nitrogens is 3. The summed E-state index contributed by atoms with van der Waals surface area (Å²) in [5, 5.41) is 12.6. The van der Waals surface area contributed by atoms with Crippen LogP contribution in [0.5, 0.6) is 5.75 Å². The number of ether oxygens (including phenoxy) is 1. The summed E-state index contributed by atoms with van der Waals surface area (Å²) in [4.78, 5) is 14.0. The molecule has 4 aromatic rings. The lowest BCUT2D eigenvalue weighted by Gasteiger charge is -2.11. The summed E-state index contributed by atoms with van der Waals surface area (Å²) in [5.41, 5.74) is 5.07. The predicted molar refractivity (Wildman–Crippen MR) is 128 cm³/mol. The lowest BCUT2D eigenvalue weighted by molar-refractivity contribution is -0.118. The Morgan fingerprint density at radius 3 is 2.38 bits per heavy atom. The maximum absolute atomic E-state index is 12.5. The highest BCUT2D eigenvalue weighted by Crippen LogP contribution is 2.24. The first kappa shape index (κ1) is 21.8. The molecular weight excluding hydrogens is 424 g/mol. The van der Waals surface area contributed by atoms with Gasteiger partial charge in [-0.15, -0.1) is 10.2 Å². The van der Waals surface area contributed by atoms with Gasteiger partial charge < -0.3 is 10.1 Å². The second kappa shape index (κ2) is 9.40. The second-order valence-corrected chi connectivity index (χ2v) is 8.27. The summed E-state index contributed by atoms with van der Waals surface area (Å²) in [6, 6.07) is 18.9. The number of fused-ring (bicyclic) bond motifs is 1. The van der Waals surface area contributed by atoms with E-state index in [1.807, 2.05) is 55.5 Å². The molecule has 0 spiro atoms. The maximum atomic E-state index is 12.5. The number of hydrogen-bond donors (Lipinski definition) is 1. The van der Waals surface area contributed by atoms with Gasteiger partial charge in [-0.3, -0.25) is 4.79 Å². The van der Waals surface area contributed by atoms with Gasteiger partial charge in [0.15, 0.2) is 6.61 Å². The van der Waals surface area contributed by atoms with E-state index in [0.717, 1.165) is 23.2 Å². The van der Waals surface area contributed by atoms with Gasteiger partial charge in [0.1, 0.15) is 16.8 Å². The fourth-order valence-electron chi connectivity index (χ4n) is 3.36. The summed E-state index contributed by atoms with van der Waals surface area (Å²) in [5.74, 6) is 0.941. The zero-order chi connectivity index (χ0) is 22.7. The van der Waals surface area contributed by atoms with Crippen LogP contribution in [0.15, 0.2) is 60.7 Å². The van der Waals surface area contributed by atoms with Crippen LogP contribution in [-0.4, -0.2) is 27.5 Å². The molecule has 0 saturated heterocycles. The van der Waals surface area contributed by atoms with Gasteiger partial charge in [-0.25, -0.2) is 0 Å². The molecule has 0 aliphatic heterocycles. The van der Waals surface area contributed by atoms with Gasteiger partial charge in [0.2, 0.25) is 0 Å². The van der Waals surface area contributed by atoms with Crippen LogP contribution in [0.1, 0.15) is 37.3 Å². The Morgan fingerprint density at radius 2 is 1.72 bits per heavy atom. The van der Waals surface area contributed by atoms with Crippen molar-refractivity contribution in [2.24, 2.45) is 0 Å². The van der Waals surface area contributed by atoms with E-state index >= 15 is 0 Å². The normalized spacial score (nSPS) is 12.0. The number of nitrogens with zero attached hydrogens (tertiary/aromatic N) is 3. The first-order valence-electron chi connectivity index (χ1n) is 10.6. The molecular formula is C25H25ClN4O2. The van der Waals surface area contributed by atoms with Gasteiger partial charge in [-0.1, -0.05) is 37.6 Å². The zero-order valence-corrected chi connectivity index (χ0v) is 19.1. The minimum Gasteiger partial charge on any atom is -0.484 e. The van der Waals surface area contributed by atoms with Crippen LogP contribution in [0.25, 0.3) is 16.7 Å². The van der Waals surface area contributed by atoms with Crippen LogP contribution in [0.3, 0.4) is 0 Å². The van der Waals surface area contributed by atoms with E-state index in [1.54, 1.807) is 16.9 Å². The van der Waals surface area contributed by atoms with Gasteiger partial charge in [-0.2, -0.15) is 4.80 Å². The molecule has 164 valence electrons. The standard InChI is InChI=1S/C25H25ClN4O2/c1-4-16(2)18-5-11-21(12-6-18)32-15-25(31)27-22-14-24-23(13-17(22)3)28-30(29-24)20-9-7-19(26)8-10-20/h5-14,16H,4,15H2,1-3H3,(H,27,31)/t16-/m1/s1. The highest BCUT2D eigenvalue weighted by atomic mass is 35.5. The smallest absolute Gasteiger partial charge is 0.262 e. The van der Waals surface area contributed by atoms with Crippen LogP contribution in [-0.2, 0) is 4.79 Å². The summed E-state index contributed by atoms with van der Waals surface area (Å²) >= 11 is 5.96. The number of carbonyl (C=O) groups excluding carboxylic acids is 1. The van der Waals surface area contributed by atoms with Crippen LogP contribution < -0.4 is 10.1 Å². The minimum atomic E-state index is -0.233. The Labute approximate surface area is 192 Å². The number of aryl methyl sites for hydroxylation is 1. The third kappa shape index (κ3) is 4.92. The van der Waals surface area contributed by atoms with Gasteiger partial charge in [0, 0.05) is 10.7 Å². The SMILES string of the molecule is CC[C@@H](C)c1ccc(OCC(=O)Nc2cc3nn(-c4ccc(Cl)cc4)nc3cc2C)cc1. The number of rotatable bonds is 7. The van der Waals surface area contributed by atoms with Crippen molar-refractivity contribution in [2.75, 3.05) is 11.9 Å². The van der Waals surface area contributed by atoms with Crippen LogP contribution in [0, 0.1) is 6.92 Å². The second-order valence-electron chi connectivity index (χ2n) is 7.84. The monoisotopic (exact) mass is 448 g/mol. The average Bonchev–Trinajstić information content (AvgIpc) is 3.20. The van der Waals surface area contributed by atoms with E-state index in [4.69, 9.17) is 16.3 Å². The molecule has 0 saturated carbocycles. The molecule has 0 fully saturated rings. The summed E-state index contributed by atoms with van der Waals surface area (Å²) in [6.45, 7) is 6.20. The number of benzene rings is 3.